The van der Waals surface area contributed by atoms with E-state index in [-0.39, 0.29) is 74.4 Å². The summed E-state index contributed by atoms with van der Waals surface area (Å²) in [5.74, 6) is 0.185. The molecular formula is C61H73N11O9S. The topological polar surface area (TPSA) is 225 Å². The summed E-state index contributed by atoms with van der Waals surface area (Å²) in [6, 6.07) is 23.8. The number of nitrogens with one attached hydrogen (secondary N) is 1. The third-order valence-electron chi connectivity index (χ3n) is 16.1. The van der Waals surface area contributed by atoms with Gasteiger partial charge < -0.3 is 53.5 Å². The van der Waals surface area contributed by atoms with Crippen LogP contribution in [0.4, 0.5) is 11.5 Å². The van der Waals surface area contributed by atoms with Crippen LogP contribution in [0, 0.1) is 31.1 Å². The Morgan fingerprint density at radius 2 is 1.77 bits per heavy atom. The van der Waals surface area contributed by atoms with Crippen molar-refractivity contribution in [2.75, 3.05) is 89.2 Å². The van der Waals surface area contributed by atoms with E-state index in [4.69, 9.17) is 33.4 Å². The van der Waals surface area contributed by atoms with E-state index in [0.717, 1.165) is 63.8 Å². The van der Waals surface area contributed by atoms with Gasteiger partial charge in [0.25, 0.3) is 0 Å². The zero-order chi connectivity index (χ0) is 57.4. The molecule has 4 aliphatic heterocycles. The smallest absolute Gasteiger partial charge is 0.318 e. The number of hydrogen-bond acceptors (Lipinski definition) is 18. The lowest BCUT2D eigenvalue weighted by Crippen LogP contribution is -2.55. The number of aryl methyl sites for hydroxylation is 2. The van der Waals surface area contributed by atoms with Crippen molar-refractivity contribution in [3.8, 4) is 28.3 Å². The molecule has 3 aromatic carbocycles. The molecule has 2 N–H and O–H groups in total. The summed E-state index contributed by atoms with van der Waals surface area (Å²) in [6.07, 6.45) is 2.21. The number of nitrogens with zero attached hydrogens (tertiary/aromatic N) is 10. The number of benzene rings is 3. The van der Waals surface area contributed by atoms with Gasteiger partial charge in [0.2, 0.25) is 17.7 Å². The number of piperazine rings is 1. The standard InChI is InChI=1S/C61H73N11O9S/c1-7-55(74)71-22-21-70(32-44(71)17-19-62)58-49-18-20-69(51-14-10-12-41-11-8-9-13-48(41)51)35-50(49)65-61(66-58)80-36-45-29-47(34-68(45)6)78-25-23-77-24-26-79-53-28-42(57-40(5)64-37-82-57)15-16-43(53)31-63-59(75)52-30-46(73)33-72(52)60(76)56(38(2)3)54-27-39(4)67-81-54/h7-16,27-28,37-38,44-47,52,56,73H,1,17-18,20-26,29-36H2,2-6H3,(H,63,75)/t44-,45-,46+,47+,52-,56-/m0/s1. The number of rotatable bonds is 22. The minimum atomic E-state index is -0.865. The monoisotopic (exact) mass is 1140 g/mol. The van der Waals surface area contributed by atoms with E-state index in [9.17, 15) is 24.8 Å². The summed E-state index contributed by atoms with van der Waals surface area (Å²) in [6.45, 7) is 16.6. The van der Waals surface area contributed by atoms with Gasteiger partial charge in [-0.05, 0) is 68.8 Å². The van der Waals surface area contributed by atoms with Crippen molar-refractivity contribution in [1.82, 2.24) is 40.1 Å². The number of aromatic nitrogens is 4. The zero-order valence-electron chi connectivity index (χ0n) is 47.4. The molecule has 3 fully saturated rings. The lowest BCUT2D eigenvalue weighted by atomic mass is 9.91. The average Bonchev–Trinajstić information content (AvgIpc) is 4.45. The number of hydrogen-bond donors (Lipinski definition) is 2. The second kappa shape index (κ2) is 26.2. The number of likely N-dealkylation sites (N-methyl/N-ethyl adjacent to an activating group) is 1. The summed E-state index contributed by atoms with van der Waals surface area (Å²) < 4.78 is 30.8. The number of β-amino-alcohol motifs (C(OH)–C–C–N with tert-alkyl or cyclic N) is 1. The van der Waals surface area contributed by atoms with Gasteiger partial charge in [-0.25, -0.2) is 4.98 Å². The Kier molecular flexibility index (Phi) is 18.4. The number of nitriles is 1. The van der Waals surface area contributed by atoms with Crippen molar-refractivity contribution >= 4 is 51.3 Å². The molecule has 0 unspecified atom stereocenters. The van der Waals surface area contributed by atoms with E-state index >= 15 is 0 Å². The van der Waals surface area contributed by atoms with Crippen molar-refractivity contribution in [3.05, 3.63) is 119 Å². The zero-order valence-corrected chi connectivity index (χ0v) is 48.2. The molecule has 0 saturated carbocycles. The number of anilines is 2. The van der Waals surface area contributed by atoms with E-state index in [1.54, 1.807) is 23.4 Å². The Morgan fingerprint density at radius 3 is 2.55 bits per heavy atom. The Hall–Kier alpha value is -7.48. The van der Waals surface area contributed by atoms with E-state index in [1.165, 1.54) is 33.1 Å². The van der Waals surface area contributed by atoms with Gasteiger partial charge in [-0.2, -0.15) is 15.2 Å². The van der Waals surface area contributed by atoms with E-state index < -0.39 is 18.1 Å². The van der Waals surface area contributed by atoms with Crippen LogP contribution >= 0.6 is 11.3 Å². The molecule has 10 rings (SSSR count). The molecule has 6 aromatic rings. The maximum absolute atomic E-state index is 14.0. The third-order valence-corrected chi connectivity index (χ3v) is 17.1. The van der Waals surface area contributed by atoms with Crippen molar-refractivity contribution in [2.45, 2.75) is 103 Å². The molecule has 0 radical (unpaired) electrons. The minimum absolute atomic E-state index is 0.0398. The van der Waals surface area contributed by atoms with Crippen molar-refractivity contribution in [1.29, 1.82) is 5.26 Å². The lowest BCUT2D eigenvalue weighted by Gasteiger charge is -2.42. The fraction of sp³-hybridized carbons (Fsp3) is 0.475. The molecule has 6 atom stereocenters. The van der Waals surface area contributed by atoms with Crippen LogP contribution in [-0.2, 0) is 43.4 Å². The average molecular weight is 1140 g/mol. The van der Waals surface area contributed by atoms with Gasteiger partial charge in [0.1, 0.15) is 42.5 Å². The number of likely N-dealkylation sites (tertiary alicyclic amines) is 2. The maximum Gasteiger partial charge on any atom is 0.318 e. The first-order valence-corrected chi connectivity index (χ1v) is 29.2. The molecule has 3 amide bonds. The first-order chi connectivity index (χ1) is 39.8. The maximum atomic E-state index is 14.0. The summed E-state index contributed by atoms with van der Waals surface area (Å²) in [4.78, 5) is 66.3. The van der Waals surface area contributed by atoms with Crippen molar-refractivity contribution < 1.29 is 43.0 Å². The van der Waals surface area contributed by atoms with Crippen molar-refractivity contribution in [2.24, 2.45) is 5.92 Å². The SMILES string of the molecule is C=CC(=O)N1CCN(c2nc(OC[C@@H]3C[C@@H](OCCOCCOc4cc(-c5scnc5C)ccc4CNC(=O)[C@@H]4C[C@@H](O)CN4C(=O)[C@H](c4cc(C)no4)C(C)C)CN3C)nc3c2CCN(c2cccc4ccccc24)C3)C[C@@H]1CC#N. The number of carbonyl (C=O) groups excluding carboxylic acids is 3. The highest BCUT2D eigenvalue weighted by atomic mass is 32.1. The predicted molar refractivity (Wildman–Crippen MR) is 311 cm³/mol. The van der Waals surface area contributed by atoms with Crippen LogP contribution < -0.4 is 24.6 Å². The number of aliphatic hydroxyl groups is 1. The summed E-state index contributed by atoms with van der Waals surface area (Å²) in [5, 5.41) is 29.8. The van der Waals surface area contributed by atoms with Crippen LogP contribution in [-0.4, -0.2) is 167 Å². The quantitative estimate of drug-likeness (QED) is 0.0538. The Bertz CT molecular complexity index is 3280. The summed E-state index contributed by atoms with van der Waals surface area (Å²) in [5.41, 5.74) is 8.15. The van der Waals surface area contributed by atoms with Crippen molar-refractivity contribution in [3.63, 3.8) is 0 Å². The summed E-state index contributed by atoms with van der Waals surface area (Å²) in [7, 11) is 2.07. The number of fused-ring (bicyclic) bond motifs is 2. The number of carbonyl (C=O) groups is 3. The molecule has 3 aromatic heterocycles. The van der Waals surface area contributed by atoms with E-state index in [2.05, 4.69) is 92.3 Å². The fourth-order valence-electron chi connectivity index (χ4n) is 11.8. The van der Waals surface area contributed by atoms with Gasteiger partial charge >= 0.3 is 6.01 Å². The molecule has 0 bridgehead atoms. The Morgan fingerprint density at radius 1 is 0.939 bits per heavy atom. The lowest BCUT2D eigenvalue weighted by molar-refractivity contribution is -0.141. The molecule has 432 valence electrons. The van der Waals surface area contributed by atoms with Crippen LogP contribution in [0.2, 0.25) is 0 Å². The molecule has 0 spiro atoms. The highest BCUT2D eigenvalue weighted by Crippen LogP contribution is 2.37. The van der Waals surface area contributed by atoms with Crippen LogP contribution in [0.1, 0.15) is 73.0 Å². The third kappa shape index (κ3) is 13.1. The summed E-state index contributed by atoms with van der Waals surface area (Å²) >= 11 is 1.54. The van der Waals surface area contributed by atoms with Crippen LogP contribution in [0.15, 0.2) is 89.4 Å². The first-order valence-electron chi connectivity index (χ1n) is 28.3. The highest BCUT2D eigenvalue weighted by molar-refractivity contribution is 7.13. The predicted octanol–water partition coefficient (Wildman–Crippen LogP) is 6.62. The number of amides is 3. The van der Waals surface area contributed by atoms with E-state index in [0.29, 0.717) is 82.4 Å². The van der Waals surface area contributed by atoms with Crippen LogP contribution in [0.25, 0.3) is 21.2 Å². The molecule has 21 heteroatoms. The Labute approximate surface area is 482 Å². The normalized spacial score (nSPS) is 20.5. The van der Waals surface area contributed by atoms with Gasteiger partial charge in [-0.1, -0.05) is 74.1 Å². The molecular weight excluding hydrogens is 1060 g/mol. The number of aliphatic hydroxyl groups excluding tert-OH is 1. The molecule has 3 saturated heterocycles. The van der Waals surface area contributed by atoms with Gasteiger partial charge in [-0.15, -0.1) is 11.3 Å². The second-order valence-electron chi connectivity index (χ2n) is 22.0. The molecule has 82 heavy (non-hydrogen) atoms. The van der Waals surface area contributed by atoms with Crippen LogP contribution in [0.5, 0.6) is 11.8 Å². The molecule has 4 aliphatic rings. The van der Waals surface area contributed by atoms with Gasteiger partial charge in [-0.3, -0.25) is 19.3 Å². The van der Waals surface area contributed by atoms with Gasteiger partial charge in [0.15, 0.2) is 0 Å². The fourth-order valence-corrected chi connectivity index (χ4v) is 12.6. The largest absolute Gasteiger partial charge is 0.491 e. The minimum Gasteiger partial charge on any atom is -0.491 e. The first kappa shape index (κ1) is 57.7. The molecule has 20 nitrogen and oxygen atoms in total. The van der Waals surface area contributed by atoms with Crippen LogP contribution in [0.3, 0.4) is 0 Å². The molecule has 7 heterocycles. The van der Waals surface area contributed by atoms with Gasteiger partial charge in [0, 0.05) is 86.5 Å². The highest BCUT2D eigenvalue weighted by Gasteiger charge is 2.43. The second-order valence-corrected chi connectivity index (χ2v) is 22.9. The molecule has 0 aliphatic carbocycles. The Balaban J connectivity index is 0.731. The van der Waals surface area contributed by atoms with E-state index in [1.807, 2.05) is 39.0 Å². The number of ether oxygens (including phenoxy) is 4. The number of thiazole rings is 1. The van der Waals surface area contributed by atoms with Gasteiger partial charge in [0.05, 0.1) is 84.6 Å².